The Morgan fingerprint density at radius 2 is 2.29 bits per heavy atom. The zero-order valence-corrected chi connectivity index (χ0v) is 7.94. The summed E-state index contributed by atoms with van der Waals surface area (Å²) in [6.45, 7) is 0. The number of amides is 1. The minimum absolute atomic E-state index is 0.0375. The molecule has 0 spiro atoms. The van der Waals surface area contributed by atoms with Crippen LogP contribution in [0.25, 0.3) is 0 Å². The Hall–Kier alpha value is -1.53. The Morgan fingerprint density at radius 3 is 2.93 bits per heavy atom. The second-order valence-electron chi connectivity index (χ2n) is 2.55. The van der Waals surface area contributed by atoms with Crippen LogP contribution >= 0.6 is 11.6 Å². The van der Waals surface area contributed by atoms with Gasteiger partial charge in [0.25, 0.3) is 0 Å². The molecule has 0 aliphatic heterocycles. The molecule has 0 saturated heterocycles. The van der Waals surface area contributed by atoms with Crippen LogP contribution < -0.4 is 5.73 Å². The second kappa shape index (κ2) is 4.64. The van der Waals surface area contributed by atoms with Gasteiger partial charge in [-0.2, -0.15) is 0 Å². The van der Waals surface area contributed by atoms with Crippen LogP contribution in [0.3, 0.4) is 0 Å². The quantitative estimate of drug-likeness (QED) is 0.706. The average Bonchev–Trinajstić information content (AvgIpc) is 2.12. The number of hydrogen-bond donors (Lipinski definition) is 1. The van der Waals surface area contributed by atoms with Crippen molar-refractivity contribution in [3.8, 4) is 11.8 Å². The van der Waals surface area contributed by atoms with Gasteiger partial charge < -0.3 is 5.73 Å². The number of nitrogens with two attached hydrogens (primary N) is 1. The number of halogens is 2. The van der Waals surface area contributed by atoms with Crippen LogP contribution in [0.1, 0.15) is 12.0 Å². The van der Waals surface area contributed by atoms with E-state index >= 15 is 0 Å². The molecule has 0 atom stereocenters. The molecule has 0 aliphatic rings. The summed E-state index contributed by atoms with van der Waals surface area (Å²) in [5.41, 5.74) is 5.23. The third-order valence-electron chi connectivity index (χ3n) is 1.44. The molecule has 0 bridgehead atoms. The van der Waals surface area contributed by atoms with E-state index in [0.29, 0.717) is 5.56 Å². The van der Waals surface area contributed by atoms with Crippen molar-refractivity contribution < 1.29 is 9.18 Å². The molecule has 1 aromatic carbocycles. The molecule has 0 saturated carbocycles. The standard InChI is InChI=1S/C10H7ClFNO/c11-10-7(3-1-5-8(10)12)4-2-6-9(13)14/h1,3,5H,6H2,(H2,13,14). The van der Waals surface area contributed by atoms with Crippen molar-refractivity contribution >= 4 is 17.5 Å². The van der Waals surface area contributed by atoms with E-state index in [4.69, 9.17) is 17.3 Å². The van der Waals surface area contributed by atoms with E-state index in [-0.39, 0.29) is 11.4 Å². The summed E-state index contributed by atoms with van der Waals surface area (Å²) in [4.78, 5) is 10.4. The second-order valence-corrected chi connectivity index (χ2v) is 2.92. The molecular weight excluding hydrogens is 205 g/mol. The number of primary amides is 1. The van der Waals surface area contributed by atoms with Crippen LogP contribution in [0.15, 0.2) is 18.2 Å². The summed E-state index contributed by atoms with van der Waals surface area (Å²) in [5.74, 6) is 4.00. The molecule has 2 N–H and O–H groups in total. The van der Waals surface area contributed by atoms with Gasteiger partial charge in [-0.25, -0.2) is 4.39 Å². The van der Waals surface area contributed by atoms with Gasteiger partial charge in [-0.1, -0.05) is 29.5 Å². The van der Waals surface area contributed by atoms with E-state index in [1.54, 1.807) is 6.07 Å². The number of carbonyl (C=O) groups excluding carboxylic acids is 1. The van der Waals surface area contributed by atoms with E-state index in [2.05, 4.69) is 11.8 Å². The highest BCUT2D eigenvalue weighted by atomic mass is 35.5. The normalized spacial score (nSPS) is 9.00. The maximum Gasteiger partial charge on any atom is 0.229 e. The van der Waals surface area contributed by atoms with Crippen molar-refractivity contribution in [2.24, 2.45) is 5.73 Å². The van der Waals surface area contributed by atoms with Crippen LogP contribution in [-0.4, -0.2) is 5.91 Å². The lowest BCUT2D eigenvalue weighted by Crippen LogP contribution is -2.08. The Balaban J connectivity index is 2.90. The number of hydrogen-bond acceptors (Lipinski definition) is 1. The lowest BCUT2D eigenvalue weighted by atomic mass is 10.2. The Bertz CT molecular complexity index is 420. The molecule has 1 aromatic rings. The highest BCUT2D eigenvalue weighted by Gasteiger charge is 2.01. The molecule has 2 nitrogen and oxygen atoms in total. The first-order valence-electron chi connectivity index (χ1n) is 3.82. The monoisotopic (exact) mass is 211 g/mol. The van der Waals surface area contributed by atoms with E-state index < -0.39 is 11.7 Å². The van der Waals surface area contributed by atoms with E-state index in [0.717, 1.165) is 0 Å². The first-order chi connectivity index (χ1) is 6.61. The first kappa shape index (κ1) is 10.6. The Labute approximate surface area is 85.9 Å². The molecule has 72 valence electrons. The molecule has 4 heteroatoms. The smallest absolute Gasteiger partial charge is 0.229 e. The minimum atomic E-state index is -0.530. The maximum atomic E-state index is 12.9. The molecule has 0 aromatic heterocycles. The molecule has 1 rings (SSSR count). The van der Waals surface area contributed by atoms with Gasteiger partial charge in [0.1, 0.15) is 5.82 Å². The summed E-state index contributed by atoms with van der Waals surface area (Å²) in [5, 5.41) is -0.0375. The molecule has 0 aliphatic carbocycles. The lowest BCUT2D eigenvalue weighted by Gasteiger charge is -1.95. The van der Waals surface area contributed by atoms with Crippen LogP contribution in [0.5, 0.6) is 0 Å². The molecule has 0 unspecified atom stereocenters. The van der Waals surface area contributed by atoms with Crippen molar-refractivity contribution in [1.82, 2.24) is 0 Å². The fourth-order valence-corrected chi connectivity index (χ4v) is 1.00. The Kier molecular flexibility index (Phi) is 3.49. The van der Waals surface area contributed by atoms with E-state index in [1.807, 2.05) is 0 Å². The van der Waals surface area contributed by atoms with Gasteiger partial charge in [0.05, 0.1) is 11.4 Å². The summed E-state index contributed by atoms with van der Waals surface area (Å²) in [7, 11) is 0. The maximum absolute atomic E-state index is 12.9. The number of rotatable bonds is 1. The Morgan fingerprint density at radius 1 is 1.57 bits per heavy atom. The van der Waals surface area contributed by atoms with Crippen molar-refractivity contribution in [2.45, 2.75) is 6.42 Å². The van der Waals surface area contributed by atoms with Crippen LogP contribution in [-0.2, 0) is 4.79 Å². The highest BCUT2D eigenvalue weighted by Crippen LogP contribution is 2.18. The minimum Gasteiger partial charge on any atom is -0.369 e. The van der Waals surface area contributed by atoms with Crippen LogP contribution in [0.4, 0.5) is 4.39 Å². The van der Waals surface area contributed by atoms with Gasteiger partial charge >= 0.3 is 0 Å². The van der Waals surface area contributed by atoms with Crippen LogP contribution in [0, 0.1) is 17.7 Å². The number of benzene rings is 1. The van der Waals surface area contributed by atoms with Gasteiger partial charge in [-0.15, -0.1) is 0 Å². The van der Waals surface area contributed by atoms with E-state index in [1.165, 1.54) is 12.1 Å². The van der Waals surface area contributed by atoms with Crippen molar-refractivity contribution in [3.05, 3.63) is 34.6 Å². The molecule has 0 fully saturated rings. The molecule has 1 amide bonds. The lowest BCUT2D eigenvalue weighted by molar-refractivity contribution is -0.117. The zero-order valence-electron chi connectivity index (χ0n) is 7.18. The third-order valence-corrected chi connectivity index (χ3v) is 1.82. The molecule has 0 radical (unpaired) electrons. The van der Waals surface area contributed by atoms with Gasteiger partial charge in [-0.05, 0) is 12.1 Å². The largest absolute Gasteiger partial charge is 0.369 e. The number of carbonyl (C=O) groups is 1. The SMILES string of the molecule is NC(=O)CC#Cc1cccc(F)c1Cl. The highest BCUT2D eigenvalue weighted by molar-refractivity contribution is 6.31. The summed E-state index contributed by atoms with van der Waals surface area (Å²) in [6, 6.07) is 4.30. The van der Waals surface area contributed by atoms with Crippen LogP contribution in [0.2, 0.25) is 5.02 Å². The predicted octanol–water partition coefficient (Wildman–Crippen LogP) is 1.71. The van der Waals surface area contributed by atoms with Gasteiger partial charge in [0, 0.05) is 5.56 Å². The third kappa shape index (κ3) is 2.75. The van der Waals surface area contributed by atoms with Crippen molar-refractivity contribution in [3.63, 3.8) is 0 Å². The first-order valence-corrected chi connectivity index (χ1v) is 4.20. The van der Waals surface area contributed by atoms with Gasteiger partial charge in [-0.3, -0.25) is 4.79 Å². The van der Waals surface area contributed by atoms with E-state index in [9.17, 15) is 9.18 Å². The summed E-state index contributed by atoms with van der Waals surface area (Å²) >= 11 is 5.61. The molecular formula is C10H7ClFNO. The zero-order chi connectivity index (χ0) is 10.6. The summed E-state index contributed by atoms with van der Waals surface area (Å²) < 4.78 is 12.9. The fraction of sp³-hybridized carbons (Fsp3) is 0.100. The average molecular weight is 212 g/mol. The van der Waals surface area contributed by atoms with Crippen molar-refractivity contribution in [1.29, 1.82) is 0 Å². The fourth-order valence-electron chi connectivity index (χ4n) is 0.827. The molecule has 14 heavy (non-hydrogen) atoms. The van der Waals surface area contributed by atoms with Crippen molar-refractivity contribution in [2.75, 3.05) is 0 Å². The topological polar surface area (TPSA) is 43.1 Å². The van der Waals surface area contributed by atoms with Gasteiger partial charge in [0.2, 0.25) is 5.91 Å². The molecule has 0 heterocycles. The van der Waals surface area contributed by atoms with Gasteiger partial charge in [0.15, 0.2) is 0 Å². The predicted molar refractivity (Wildman–Crippen MR) is 52.1 cm³/mol. The summed E-state index contributed by atoms with van der Waals surface area (Å²) in [6.07, 6.45) is -0.0627.